The standard InChI is InChI=1S/C13H19N3O/c1-10-9-15(2)7-8-16(10)13(17)11-3-5-12(14)6-4-11/h3-6,10H,7-9,14H2,1-2H3. The van der Waals surface area contributed by atoms with Gasteiger partial charge < -0.3 is 15.5 Å². The maximum atomic E-state index is 12.3. The van der Waals surface area contributed by atoms with Gasteiger partial charge in [-0.25, -0.2) is 0 Å². The zero-order valence-corrected chi connectivity index (χ0v) is 10.4. The molecule has 0 radical (unpaired) electrons. The summed E-state index contributed by atoms with van der Waals surface area (Å²) in [6.45, 7) is 4.75. The van der Waals surface area contributed by atoms with Gasteiger partial charge in [0.15, 0.2) is 0 Å². The molecule has 17 heavy (non-hydrogen) atoms. The number of hydrogen-bond acceptors (Lipinski definition) is 3. The van der Waals surface area contributed by atoms with Crippen LogP contribution in [0.4, 0.5) is 5.69 Å². The van der Waals surface area contributed by atoms with Gasteiger partial charge >= 0.3 is 0 Å². The van der Waals surface area contributed by atoms with E-state index in [1.54, 1.807) is 24.3 Å². The smallest absolute Gasteiger partial charge is 0.254 e. The Morgan fingerprint density at radius 3 is 2.53 bits per heavy atom. The third-order valence-electron chi connectivity index (χ3n) is 3.25. The Morgan fingerprint density at radius 1 is 1.29 bits per heavy atom. The highest BCUT2D eigenvalue weighted by molar-refractivity contribution is 5.94. The molecule has 4 nitrogen and oxygen atoms in total. The lowest BCUT2D eigenvalue weighted by Gasteiger charge is -2.38. The molecule has 0 bridgehead atoms. The minimum Gasteiger partial charge on any atom is -0.399 e. The number of anilines is 1. The molecule has 1 aromatic carbocycles. The largest absolute Gasteiger partial charge is 0.399 e. The van der Waals surface area contributed by atoms with Crippen LogP contribution in [0.15, 0.2) is 24.3 Å². The molecule has 1 aromatic rings. The molecule has 2 rings (SSSR count). The first kappa shape index (κ1) is 11.9. The van der Waals surface area contributed by atoms with Crippen molar-refractivity contribution in [2.45, 2.75) is 13.0 Å². The zero-order chi connectivity index (χ0) is 12.4. The third kappa shape index (κ3) is 2.58. The van der Waals surface area contributed by atoms with E-state index in [0.717, 1.165) is 25.2 Å². The summed E-state index contributed by atoms with van der Waals surface area (Å²) >= 11 is 0. The van der Waals surface area contributed by atoms with Gasteiger partial charge in [0, 0.05) is 36.9 Å². The number of rotatable bonds is 1. The van der Waals surface area contributed by atoms with E-state index in [1.165, 1.54) is 0 Å². The molecule has 1 aliphatic heterocycles. The zero-order valence-electron chi connectivity index (χ0n) is 10.4. The molecule has 0 aliphatic carbocycles. The van der Waals surface area contributed by atoms with Gasteiger partial charge in [0.05, 0.1) is 0 Å². The van der Waals surface area contributed by atoms with Crippen molar-refractivity contribution in [1.82, 2.24) is 9.80 Å². The number of carbonyl (C=O) groups is 1. The molecule has 92 valence electrons. The molecule has 4 heteroatoms. The number of nitrogen functional groups attached to an aromatic ring is 1. The van der Waals surface area contributed by atoms with Crippen LogP contribution in [0.2, 0.25) is 0 Å². The van der Waals surface area contributed by atoms with E-state index in [-0.39, 0.29) is 11.9 Å². The molecular weight excluding hydrogens is 214 g/mol. The second-order valence-corrected chi connectivity index (χ2v) is 4.73. The molecule has 1 unspecified atom stereocenters. The second-order valence-electron chi connectivity index (χ2n) is 4.73. The minimum atomic E-state index is 0.102. The van der Waals surface area contributed by atoms with Gasteiger partial charge in [-0.05, 0) is 38.2 Å². The summed E-state index contributed by atoms with van der Waals surface area (Å²) in [5.74, 6) is 0.102. The van der Waals surface area contributed by atoms with Crippen LogP contribution in [0, 0.1) is 0 Å². The molecule has 1 aliphatic rings. The predicted molar refractivity (Wildman–Crippen MR) is 68.8 cm³/mol. The van der Waals surface area contributed by atoms with Gasteiger partial charge in [0.25, 0.3) is 5.91 Å². The molecule has 0 aromatic heterocycles. The first-order chi connectivity index (χ1) is 8.08. The Bertz CT molecular complexity index is 402. The fourth-order valence-electron chi connectivity index (χ4n) is 2.23. The average Bonchev–Trinajstić information content (AvgIpc) is 2.29. The van der Waals surface area contributed by atoms with Gasteiger partial charge in [-0.3, -0.25) is 4.79 Å². The van der Waals surface area contributed by atoms with Crippen LogP contribution in [0.5, 0.6) is 0 Å². The molecule has 1 amide bonds. The summed E-state index contributed by atoms with van der Waals surface area (Å²) in [6, 6.07) is 7.40. The molecule has 2 N–H and O–H groups in total. The van der Waals surface area contributed by atoms with Crippen LogP contribution in [0.3, 0.4) is 0 Å². The summed E-state index contributed by atoms with van der Waals surface area (Å²) in [4.78, 5) is 16.5. The highest BCUT2D eigenvalue weighted by Gasteiger charge is 2.26. The third-order valence-corrected chi connectivity index (χ3v) is 3.25. The van der Waals surface area contributed by atoms with Crippen molar-refractivity contribution in [3.05, 3.63) is 29.8 Å². The van der Waals surface area contributed by atoms with E-state index < -0.39 is 0 Å². The van der Waals surface area contributed by atoms with Gasteiger partial charge in [-0.1, -0.05) is 0 Å². The molecular formula is C13H19N3O. The average molecular weight is 233 g/mol. The Hall–Kier alpha value is -1.55. The Balaban J connectivity index is 2.12. The van der Waals surface area contributed by atoms with E-state index in [2.05, 4.69) is 18.9 Å². The lowest BCUT2D eigenvalue weighted by Crippen LogP contribution is -2.52. The van der Waals surface area contributed by atoms with Crippen LogP contribution < -0.4 is 5.73 Å². The number of hydrogen-bond donors (Lipinski definition) is 1. The van der Waals surface area contributed by atoms with Crippen molar-refractivity contribution in [2.24, 2.45) is 0 Å². The number of nitrogens with zero attached hydrogens (tertiary/aromatic N) is 2. The van der Waals surface area contributed by atoms with E-state index in [1.807, 2.05) is 4.90 Å². The summed E-state index contributed by atoms with van der Waals surface area (Å²) < 4.78 is 0. The number of benzene rings is 1. The van der Waals surface area contributed by atoms with Crippen LogP contribution >= 0.6 is 0 Å². The van der Waals surface area contributed by atoms with E-state index in [0.29, 0.717) is 5.69 Å². The molecule has 1 saturated heterocycles. The monoisotopic (exact) mass is 233 g/mol. The number of amides is 1. The first-order valence-electron chi connectivity index (χ1n) is 5.93. The summed E-state index contributed by atoms with van der Waals surface area (Å²) in [5.41, 5.74) is 7.03. The van der Waals surface area contributed by atoms with Crippen molar-refractivity contribution in [1.29, 1.82) is 0 Å². The van der Waals surface area contributed by atoms with Gasteiger partial charge in [-0.2, -0.15) is 0 Å². The number of likely N-dealkylation sites (N-methyl/N-ethyl adjacent to an activating group) is 1. The fourth-order valence-corrected chi connectivity index (χ4v) is 2.23. The lowest BCUT2D eigenvalue weighted by atomic mass is 10.1. The van der Waals surface area contributed by atoms with Crippen molar-refractivity contribution < 1.29 is 4.79 Å². The Labute approximate surface area is 102 Å². The number of nitrogens with two attached hydrogens (primary N) is 1. The Morgan fingerprint density at radius 2 is 1.94 bits per heavy atom. The van der Waals surface area contributed by atoms with Crippen LogP contribution in [0.1, 0.15) is 17.3 Å². The lowest BCUT2D eigenvalue weighted by molar-refractivity contribution is 0.0533. The minimum absolute atomic E-state index is 0.102. The topological polar surface area (TPSA) is 49.6 Å². The van der Waals surface area contributed by atoms with Crippen LogP contribution in [-0.4, -0.2) is 48.4 Å². The molecule has 1 heterocycles. The van der Waals surface area contributed by atoms with E-state index >= 15 is 0 Å². The number of carbonyl (C=O) groups excluding carboxylic acids is 1. The van der Waals surface area contributed by atoms with E-state index in [4.69, 9.17) is 5.73 Å². The summed E-state index contributed by atoms with van der Waals surface area (Å²) in [5, 5.41) is 0. The van der Waals surface area contributed by atoms with Gasteiger partial charge in [-0.15, -0.1) is 0 Å². The molecule has 0 saturated carbocycles. The molecule has 1 fully saturated rings. The summed E-state index contributed by atoms with van der Waals surface area (Å²) in [7, 11) is 2.08. The van der Waals surface area contributed by atoms with Gasteiger partial charge in [0.1, 0.15) is 0 Å². The SMILES string of the molecule is CC1CN(C)CCN1C(=O)c1ccc(N)cc1. The van der Waals surface area contributed by atoms with Crippen LogP contribution in [-0.2, 0) is 0 Å². The van der Waals surface area contributed by atoms with Gasteiger partial charge in [0.2, 0.25) is 0 Å². The quantitative estimate of drug-likeness (QED) is 0.737. The fraction of sp³-hybridized carbons (Fsp3) is 0.462. The van der Waals surface area contributed by atoms with E-state index in [9.17, 15) is 4.79 Å². The highest BCUT2D eigenvalue weighted by Crippen LogP contribution is 2.14. The van der Waals surface area contributed by atoms with Crippen molar-refractivity contribution in [3.8, 4) is 0 Å². The maximum Gasteiger partial charge on any atom is 0.254 e. The second kappa shape index (κ2) is 4.75. The van der Waals surface area contributed by atoms with Crippen LogP contribution in [0.25, 0.3) is 0 Å². The highest BCUT2D eigenvalue weighted by atomic mass is 16.2. The summed E-state index contributed by atoms with van der Waals surface area (Å²) in [6.07, 6.45) is 0. The molecule has 0 spiro atoms. The maximum absolute atomic E-state index is 12.3. The van der Waals surface area contributed by atoms with Crippen molar-refractivity contribution in [2.75, 3.05) is 32.4 Å². The Kier molecular flexibility index (Phi) is 3.33. The molecule has 1 atom stereocenters. The number of piperazine rings is 1. The van der Waals surface area contributed by atoms with Crippen molar-refractivity contribution >= 4 is 11.6 Å². The normalized spacial score (nSPS) is 21.5. The van der Waals surface area contributed by atoms with Crippen molar-refractivity contribution in [3.63, 3.8) is 0 Å². The first-order valence-corrected chi connectivity index (χ1v) is 5.93. The predicted octanol–water partition coefficient (Wildman–Crippen LogP) is 1.04.